The monoisotopic (exact) mass is 297 g/mol. The Morgan fingerprint density at radius 3 is 2.95 bits per heavy atom. The molecule has 0 aliphatic carbocycles. The second-order valence-corrected chi connectivity index (χ2v) is 4.88. The molecule has 0 spiro atoms. The van der Waals surface area contributed by atoms with E-state index in [1.54, 1.807) is 14.2 Å². The van der Waals surface area contributed by atoms with E-state index in [2.05, 4.69) is 15.3 Å². The molecule has 0 saturated heterocycles. The molecule has 1 atom stereocenters. The Morgan fingerprint density at radius 2 is 2.30 bits per heavy atom. The van der Waals surface area contributed by atoms with E-state index in [1.807, 2.05) is 16.8 Å². The highest BCUT2D eigenvalue weighted by Gasteiger charge is 2.11. The van der Waals surface area contributed by atoms with Gasteiger partial charge >= 0.3 is 0 Å². The number of aromatic nitrogens is 2. The molecule has 0 radical (unpaired) electrons. The first-order chi connectivity index (χ1) is 9.74. The van der Waals surface area contributed by atoms with Crippen molar-refractivity contribution in [2.75, 3.05) is 32.7 Å². The molecule has 108 valence electrons. The highest BCUT2D eigenvalue weighted by atomic mass is 32.1. The molecule has 1 unspecified atom stereocenters. The highest BCUT2D eigenvalue weighted by molar-refractivity contribution is 7.08. The summed E-state index contributed by atoms with van der Waals surface area (Å²) in [4.78, 5) is 8.12. The normalized spacial score (nSPS) is 12.3. The fraction of sp³-hybridized carbons (Fsp3) is 0.385. The third-order valence-electron chi connectivity index (χ3n) is 2.71. The van der Waals surface area contributed by atoms with Gasteiger partial charge in [0, 0.05) is 31.7 Å². The number of hydrogen-bond acceptors (Lipinski definition) is 6. The third-order valence-corrected chi connectivity index (χ3v) is 3.40. The predicted octanol–water partition coefficient (Wildman–Crippen LogP) is 2.42. The second-order valence-electron chi connectivity index (χ2n) is 4.10. The van der Waals surface area contributed by atoms with Gasteiger partial charge in [0.1, 0.15) is 5.69 Å². The molecule has 5 nitrogen and oxygen atoms in total. The van der Waals surface area contributed by atoms with E-state index in [9.17, 15) is 4.39 Å². The lowest BCUT2D eigenvalue weighted by atomic mass is 10.2. The molecule has 2 heterocycles. The van der Waals surface area contributed by atoms with E-state index in [4.69, 9.17) is 9.47 Å². The fourth-order valence-corrected chi connectivity index (χ4v) is 2.30. The summed E-state index contributed by atoms with van der Waals surface area (Å²) in [5.41, 5.74) is 1.04. The van der Waals surface area contributed by atoms with Gasteiger partial charge in [0.25, 0.3) is 0 Å². The van der Waals surface area contributed by atoms with Crippen molar-refractivity contribution in [3.05, 3.63) is 28.8 Å². The lowest BCUT2D eigenvalue weighted by Crippen LogP contribution is -2.27. The molecule has 0 saturated carbocycles. The van der Waals surface area contributed by atoms with Crippen molar-refractivity contribution in [3.63, 3.8) is 0 Å². The second kappa shape index (κ2) is 7.28. The molecule has 0 aliphatic rings. The third kappa shape index (κ3) is 3.72. The van der Waals surface area contributed by atoms with Crippen LogP contribution in [0.4, 0.5) is 10.3 Å². The number of hydrogen-bond donors (Lipinski definition) is 1. The van der Waals surface area contributed by atoms with Crippen LogP contribution in [0.1, 0.15) is 0 Å². The standard InChI is InChI=1S/C13H16FN3O2S/c1-18-7-10(19-2)5-15-13-16-6-11(14)12(17-13)9-3-4-20-8-9/h3-4,6,8,10H,5,7H2,1-2H3,(H,15,16,17). The van der Waals surface area contributed by atoms with Crippen LogP contribution in [0.2, 0.25) is 0 Å². The summed E-state index contributed by atoms with van der Waals surface area (Å²) in [6.07, 6.45) is 1.05. The first-order valence-corrected chi connectivity index (χ1v) is 6.99. The maximum Gasteiger partial charge on any atom is 0.223 e. The summed E-state index contributed by atoms with van der Waals surface area (Å²) in [6.45, 7) is 0.946. The van der Waals surface area contributed by atoms with Crippen molar-refractivity contribution in [2.45, 2.75) is 6.10 Å². The smallest absolute Gasteiger partial charge is 0.223 e. The Balaban J connectivity index is 2.08. The molecular weight excluding hydrogens is 281 g/mol. The molecule has 1 N–H and O–H groups in total. The number of methoxy groups -OCH3 is 2. The van der Waals surface area contributed by atoms with Gasteiger partial charge in [-0.05, 0) is 11.4 Å². The van der Waals surface area contributed by atoms with Crippen LogP contribution in [-0.2, 0) is 9.47 Å². The molecule has 20 heavy (non-hydrogen) atoms. The van der Waals surface area contributed by atoms with E-state index in [-0.39, 0.29) is 6.10 Å². The summed E-state index contributed by atoms with van der Waals surface area (Å²) in [7, 11) is 3.21. The number of nitrogens with zero attached hydrogens (tertiary/aromatic N) is 2. The number of anilines is 1. The average molecular weight is 297 g/mol. The molecule has 2 rings (SSSR count). The van der Waals surface area contributed by atoms with Crippen molar-refractivity contribution in [1.29, 1.82) is 0 Å². The molecule has 2 aromatic rings. The zero-order chi connectivity index (χ0) is 14.4. The van der Waals surface area contributed by atoms with Crippen LogP contribution in [0.15, 0.2) is 23.0 Å². The van der Waals surface area contributed by atoms with Gasteiger partial charge in [0.15, 0.2) is 5.82 Å². The molecule has 2 aromatic heterocycles. The van der Waals surface area contributed by atoms with Gasteiger partial charge in [-0.2, -0.15) is 11.3 Å². The fourth-order valence-electron chi connectivity index (χ4n) is 1.66. The van der Waals surface area contributed by atoms with Crippen molar-refractivity contribution >= 4 is 17.3 Å². The Hall–Kier alpha value is -1.57. The Bertz CT molecular complexity index is 536. The molecule has 0 amide bonds. The van der Waals surface area contributed by atoms with Gasteiger partial charge in [-0.25, -0.2) is 14.4 Å². The summed E-state index contributed by atoms with van der Waals surface area (Å²) in [5, 5.41) is 6.74. The Kier molecular flexibility index (Phi) is 5.40. The van der Waals surface area contributed by atoms with E-state index < -0.39 is 5.82 Å². The van der Waals surface area contributed by atoms with Gasteiger partial charge in [-0.1, -0.05) is 0 Å². The van der Waals surface area contributed by atoms with Crippen LogP contribution in [0.5, 0.6) is 0 Å². The maximum absolute atomic E-state index is 13.7. The SMILES string of the molecule is COCC(CNc1ncc(F)c(-c2ccsc2)n1)OC. The van der Waals surface area contributed by atoms with E-state index in [0.29, 0.717) is 24.8 Å². The summed E-state index contributed by atoms with van der Waals surface area (Å²) in [5.74, 6) is -0.0695. The van der Waals surface area contributed by atoms with Gasteiger partial charge in [-0.3, -0.25) is 0 Å². The highest BCUT2D eigenvalue weighted by Crippen LogP contribution is 2.23. The molecular formula is C13H16FN3O2S. The lowest BCUT2D eigenvalue weighted by Gasteiger charge is -2.15. The Morgan fingerprint density at radius 1 is 1.45 bits per heavy atom. The first-order valence-electron chi connectivity index (χ1n) is 6.05. The minimum Gasteiger partial charge on any atom is -0.382 e. The molecule has 0 aliphatic heterocycles. The minimum absolute atomic E-state index is 0.113. The van der Waals surface area contributed by atoms with Crippen molar-refractivity contribution in [2.24, 2.45) is 0 Å². The van der Waals surface area contributed by atoms with Gasteiger partial charge in [0.05, 0.1) is 18.9 Å². The van der Waals surface area contributed by atoms with Crippen LogP contribution >= 0.6 is 11.3 Å². The zero-order valence-corrected chi connectivity index (χ0v) is 12.1. The molecule has 0 fully saturated rings. The van der Waals surface area contributed by atoms with Gasteiger partial charge in [-0.15, -0.1) is 0 Å². The van der Waals surface area contributed by atoms with Crippen LogP contribution in [0.25, 0.3) is 11.3 Å². The molecule has 0 bridgehead atoms. The quantitative estimate of drug-likeness (QED) is 0.850. The van der Waals surface area contributed by atoms with Crippen LogP contribution < -0.4 is 5.32 Å². The minimum atomic E-state index is -0.436. The number of nitrogens with one attached hydrogen (secondary N) is 1. The topological polar surface area (TPSA) is 56.3 Å². The number of ether oxygens (including phenoxy) is 2. The van der Waals surface area contributed by atoms with Crippen molar-refractivity contribution in [3.8, 4) is 11.3 Å². The maximum atomic E-state index is 13.7. The first kappa shape index (κ1) is 14.8. The number of halogens is 1. The van der Waals surface area contributed by atoms with E-state index in [1.165, 1.54) is 17.5 Å². The average Bonchev–Trinajstić information content (AvgIpc) is 2.99. The zero-order valence-electron chi connectivity index (χ0n) is 11.3. The number of rotatable bonds is 7. The van der Waals surface area contributed by atoms with Gasteiger partial charge < -0.3 is 14.8 Å². The molecule has 7 heteroatoms. The predicted molar refractivity (Wildman–Crippen MR) is 76.5 cm³/mol. The van der Waals surface area contributed by atoms with Crippen LogP contribution in [-0.4, -0.2) is 43.4 Å². The summed E-state index contributed by atoms with van der Waals surface area (Å²) < 4.78 is 24.0. The number of thiophene rings is 1. The van der Waals surface area contributed by atoms with Crippen LogP contribution in [0.3, 0.4) is 0 Å². The Labute approximate surface area is 120 Å². The van der Waals surface area contributed by atoms with E-state index in [0.717, 1.165) is 5.56 Å². The summed E-state index contributed by atoms with van der Waals surface area (Å²) >= 11 is 1.49. The lowest BCUT2D eigenvalue weighted by molar-refractivity contribution is 0.0365. The molecule has 0 aromatic carbocycles. The summed E-state index contributed by atoms with van der Waals surface area (Å²) in [6, 6.07) is 1.82. The largest absolute Gasteiger partial charge is 0.382 e. The van der Waals surface area contributed by atoms with Gasteiger partial charge in [0.2, 0.25) is 5.95 Å². The van der Waals surface area contributed by atoms with E-state index >= 15 is 0 Å². The van der Waals surface area contributed by atoms with Crippen LogP contribution in [0, 0.1) is 5.82 Å². The van der Waals surface area contributed by atoms with Crippen molar-refractivity contribution in [1.82, 2.24) is 9.97 Å². The van der Waals surface area contributed by atoms with Crippen molar-refractivity contribution < 1.29 is 13.9 Å².